The zero-order chi connectivity index (χ0) is 14.8. The van der Waals surface area contributed by atoms with Crippen LogP contribution >= 0.6 is 11.7 Å². The van der Waals surface area contributed by atoms with Crippen LogP contribution in [0, 0.1) is 0 Å². The summed E-state index contributed by atoms with van der Waals surface area (Å²) in [4.78, 5) is 9.10. The Balaban J connectivity index is 1.39. The summed E-state index contributed by atoms with van der Waals surface area (Å²) in [5.41, 5.74) is 4.54. The number of hydrogen-bond donors (Lipinski definition) is 0. The number of anilines is 1. The molecule has 22 heavy (non-hydrogen) atoms. The Bertz CT molecular complexity index is 749. The molecule has 1 fully saturated rings. The molecule has 1 aliphatic heterocycles. The van der Waals surface area contributed by atoms with Crippen molar-refractivity contribution in [3.8, 4) is 0 Å². The second-order valence-corrected chi connectivity index (χ2v) is 6.09. The number of fused-ring (bicyclic) bond motifs is 1. The maximum Gasteiger partial charge on any atom is 0.105 e. The zero-order valence-electron chi connectivity index (χ0n) is 12.2. The van der Waals surface area contributed by atoms with Gasteiger partial charge in [-0.15, -0.1) is 0 Å². The molecule has 5 nitrogen and oxygen atoms in total. The molecule has 1 aromatic carbocycles. The van der Waals surface area contributed by atoms with Gasteiger partial charge in [0.25, 0.3) is 0 Å². The van der Waals surface area contributed by atoms with Crippen molar-refractivity contribution in [2.75, 3.05) is 31.1 Å². The average molecular weight is 311 g/mol. The number of nitrogens with zero attached hydrogens (tertiary/aromatic N) is 5. The van der Waals surface area contributed by atoms with Crippen LogP contribution in [-0.2, 0) is 6.54 Å². The van der Waals surface area contributed by atoms with Gasteiger partial charge >= 0.3 is 0 Å². The zero-order valence-corrected chi connectivity index (χ0v) is 13.0. The lowest BCUT2D eigenvalue weighted by Gasteiger charge is -2.35. The van der Waals surface area contributed by atoms with E-state index in [1.807, 2.05) is 18.5 Å². The molecule has 0 atom stereocenters. The van der Waals surface area contributed by atoms with Crippen molar-refractivity contribution < 1.29 is 0 Å². The third kappa shape index (κ3) is 2.80. The lowest BCUT2D eigenvalue weighted by molar-refractivity contribution is 0.250. The van der Waals surface area contributed by atoms with Crippen LogP contribution in [0.25, 0.3) is 11.0 Å². The van der Waals surface area contributed by atoms with Crippen LogP contribution in [0.4, 0.5) is 5.69 Å². The van der Waals surface area contributed by atoms with Crippen molar-refractivity contribution in [1.82, 2.24) is 18.6 Å². The first-order valence-electron chi connectivity index (χ1n) is 7.47. The molecule has 0 radical (unpaired) electrons. The Morgan fingerprint density at radius 2 is 1.86 bits per heavy atom. The summed E-state index contributed by atoms with van der Waals surface area (Å²) in [6.07, 6.45) is 3.77. The lowest BCUT2D eigenvalue weighted by Crippen LogP contribution is -2.46. The summed E-state index contributed by atoms with van der Waals surface area (Å²) in [6, 6.07) is 10.5. The molecule has 0 aliphatic carbocycles. The fourth-order valence-electron chi connectivity index (χ4n) is 2.89. The van der Waals surface area contributed by atoms with Gasteiger partial charge in [0.15, 0.2) is 0 Å². The Kier molecular flexibility index (Phi) is 3.70. The van der Waals surface area contributed by atoms with Crippen LogP contribution in [0.5, 0.6) is 0 Å². The lowest BCUT2D eigenvalue weighted by atomic mass is 10.1. The highest BCUT2D eigenvalue weighted by Crippen LogP contribution is 2.18. The van der Waals surface area contributed by atoms with E-state index in [0.717, 1.165) is 43.8 Å². The van der Waals surface area contributed by atoms with Crippen LogP contribution in [0.3, 0.4) is 0 Å². The molecule has 1 saturated heterocycles. The van der Waals surface area contributed by atoms with E-state index in [0.29, 0.717) is 0 Å². The Labute approximate surface area is 133 Å². The molecule has 112 valence electrons. The monoisotopic (exact) mass is 311 g/mol. The van der Waals surface area contributed by atoms with Gasteiger partial charge in [0.2, 0.25) is 0 Å². The van der Waals surface area contributed by atoms with Gasteiger partial charge in [-0.3, -0.25) is 9.88 Å². The van der Waals surface area contributed by atoms with E-state index in [1.165, 1.54) is 23.0 Å². The summed E-state index contributed by atoms with van der Waals surface area (Å²) >= 11 is 1.28. The smallest absolute Gasteiger partial charge is 0.105 e. The number of pyridine rings is 1. The molecule has 0 amide bonds. The molecule has 3 heterocycles. The van der Waals surface area contributed by atoms with E-state index in [4.69, 9.17) is 0 Å². The Morgan fingerprint density at radius 3 is 2.68 bits per heavy atom. The molecule has 3 aromatic rings. The molecular weight excluding hydrogens is 294 g/mol. The van der Waals surface area contributed by atoms with Crippen molar-refractivity contribution >= 4 is 28.4 Å². The van der Waals surface area contributed by atoms with Crippen LogP contribution in [0.15, 0.2) is 42.7 Å². The predicted molar refractivity (Wildman–Crippen MR) is 89.1 cm³/mol. The van der Waals surface area contributed by atoms with Gasteiger partial charge in [0.1, 0.15) is 11.0 Å². The van der Waals surface area contributed by atoms with Crippen molar-refractivity contribution in [1.29, 1.82) is 0 Å². The topological polar surface area (TPSA) is 45.2 Å². The van der Waals surface area contributed by atoms with Crippen molar-refractivity contribution in [2.45, 2.75) is 6.54 Å². The first-order valence-corrected chi connectivity index (χ1v) is 8.20. The highest BCUT2D eigenvalue weighted by atomic mass is 32.1. The van der Waals surface area contributed by atoms with E-state index < -0.39 is 0 Å². The number of aromatic nitrogens is 3. The quantitative estimate of drug-likeness (QED) is 0.743. The molecule has 6 heteroatoms. The number of rotatable bonds is 3. The van der Waals surface area contributed by atoms with Gasteiger partial charge < -0.3 is 4.90 Å². The molecule has 0 spiro atoms. The minimum absolute atomic E-state index is 0.981. The van der Waals surface area contributed by atoms with E-state index in [1.54, 1.807) is 0 Å². The van der Waals surface area contributed by atoms with Gasteiger partial charge in [-0.05, 0) is 29.8 Å². The van der Waals surface area contributed by atoms with Crippen LogP contribution in [-0.4, -0.2) is 44.8 Å². The number of piperazine rings is 1. The molecular formula is C16H17N5S. The van der Waals surface area contributed by atoms with E-state index >= 15 is 0 Å². The molecule has 0 N–H and O–H groups in total. The Hall–Kier alpha value is -2.05. The fraction of sp³-hybridized carbons (Fsp3) is 0.312. The van der Waals surface area contributed by atoms with E-state index in [-0.39, 0.29) is 0 Å². The highest BCUT2D eigenvalue weighted by molar-refractivity contribution is 7.00. The molecule has 0 bridgehead atoms. The maximum atomic E-state index is 4.32. The van der Waals surface area contributed by atoms with Gasteiger partial charge in [0.05, 0.1) is 23.6 Å². The van der Waals surface area contributed by atoms with Gasteiger partial charge in [-0.25, -0.2) is 0 Å². The molecule has 1 aliphatic rings. The van der Waals surface area contributed by atoms with Gasteiger partial charge in [-0.2, -0.15) is 8.75 Å². The minimum atomic E-state index is 0.981. The maximum absolute atomic E-state index is 4.32. The summed E-state index contributed by atoms with van der Waals surface area (Å²) in [7, 11) is 0. The third-order valence-corrected chi connectivity index (χ3v) is 4.66. The summed E-state index contributed by atoms with van der Waals surface area (Å²) in [5, 5.41) is 0. The standard InChI is InChI=1S/C16H17N5S/c1-2-14(11-17-5-1)21-8-6-20(7-9-21)12-13-3-4-15-16(10-13)19-22-18-15/h1-5,10-11H,6-9,12H2. The minimum Gasteiger partial charge on any atom is -0.368 e. The third-order valence-electron chi connectivity index (χ3n) is 4.11. The SMILES string of the molecule is c1cncc(N2CCN(Cc3ccc4nsnc4c3)CC2)c1. The summed E-state index contributed by atoms with van der Waals surface area (Å²) in [6.45, 7) is 5.22. The van der Waals surface area contributed by atoms with Gasteiger partial charge in [0, 0.05) is 38.9 Å². The first kappa shape index (κ1) is 13.6. The molecule has 4 rings (SSSR count). The average Bonchev–Trinajstić information content (AvgIpc) is 3.04. The second-order valence-electron chi connectivity index (χ2n) is 5.56. The molecule has 0 saturated carbocycles. The predicted octanol–water partition coefficient (Wildman–Crippen LogP) is 2.41. The van der Waals surface area contributed by atoms with E-state index in [9.17, 15) is 0 Å². The van der Waals surface area contributed by atoms with Crippen LogP contribution in [0.2, 0.25) is 0 Å². The van der Waals surface area contributed by atoms with Crippen molar-refractivity contribution in [3.63, 3.8) is 0 Å². The number of hydrogen-bond acceptors (Lipinski definition) is 6. The largest absolute Gasteiger partial charge is 0.368 e. The first-order chi connectivity index (χ1) is 10.9. The second kappa shape index (κ2) is 5.98. The molecule has 2 aromatic heterocycles. The van der Waals surface area contributed by atoms with Crippen LogP contribution in [0.1, 0.15) is 5.56 Å². The Morgan fingerprint density at radius 1 is 1.00 bits per heavy atom. The molecule has 0 unspecified atom stereocenters. The van der Waals surface area contributed by atoms with Crippen molar-refractivity contribution in [2.24, 2.45) is 0 Å². The van der Waals surface area contributed by atoms with E-state index in [2.05, 4.69) is 47.8 Å². The normalized spacial score (nSPS) is 16.3. The summed E-state index contributed by atoms with van der Waals surface area (Å²) < 4.78 is 8.58. The van der Waals surface area contributed by atoms with Crippen LogP contribution < -0.4 is 4.90 Å². The fourth-order valence-corrected chi connectivity index (χ4v) is 3.41. The highest BCUT2D eigenvalue weighted by Gasteiger charge is 2.17. The van der Waals surface area contributed by atoms with Crippen molar-refractivity contribution in [3.05, 3.63) is 48.3 Å². The summed E-state index contributed by atoms with van der Waals surface area (Å²) in [5.74, 6) is 0. The van der Waals surface area contributed by atoms with Gasteiger partial charge in [-0.1, -0.05) is 6.07 Å². The number of benzene rings is 1.